The van der Waals surface area contributed by atoms with E-state index < -0.39 is 6.10 Å². The Morgan fingerprint density at radius 1 is 0.538 bits per heavy atom. The summed E-state index contributed by atoms with van der Waals surface area (Å²) in [6.07, 6.45) is 9.43. The van der Waals surface area contributed by atoms with Crippen LogP contribution in [0.3, 0.4) is 0 Å². The fourth-order valence-corrected chi connectivity index (χ4v) is 13.7. The number of pyridine rings is 1. The molecule has 0 bridgehead atoms. The summed E-state index contributed by atoms with van der Waals surface area (Å²) in [6, 6.07) is 23.2. The number of aliphatic hydroxyl groups excluding tert-OH is 1. The summed E-state index contributed by atoms with van der Waals surface area (Å²) >= 11 is 16.3. The molecule has 8 heterocycles. The number of imidazole rings is 4. The molecule has 0 spiro atoms. The van der Waals surface area contributed by atoms with Crippen molar-refractivity contribution in [3.63, 3.8) is 0 Å². The summed E-state index contributed by atoms with van der Waals surface area (Å²) in [4.78, 5) is 70.1. The Bertz CT molecular complexity index is 4020. The number of benzene rings is 4. The van der Waals surface area contributed by atoms with E-state index in [9.17, 15) is 44.7 Å². The number of hydrogen-bond donors (Lipinski definition) is 6. The molecule has 3 unspecified atom stereocenters. The average molecular weight is 1550 g/mol. The Morgan fingerprint density at radius 2 is 0.860 bits per heavy atom. The topological polar surface area (TPSA) is 253 Å². The monoisotopic (exact) mass is 1540 g/mol. The average Bonchev–Trinajstić information content (AvgIpc) is 1.63. The van der Waals surface area contributed by atoms with E-state index in [-0.39, 0.29) is 59.7 Å². The Labute approximate surface area is 582 Å². The first kappa shape index (κ1) is 75.1. The molecule has 0 saturated carbocycles. The SMILES string of the molecule is C.CCc1nc2cc(C)ccn2c1C(=O)c1ccc(O)cc1.CCc1nc2n(c1C(=O)c1cc(Br)c(O)c(Br)c1)CCC(C)C2.CCc1nc2n(c1C(=O)c1cc(Br)c(O)c(Br)c1)CCC(O)C2.CCc1nc2n(c1C(=O)c1ccc(O)cc1)CCC(C)C2.F.[B]=NS.[HH]. The van der Waals surface area contributed by atoms with Gasteiger partial charge in [0.15, 0.2) is 0 Å². The van der Waals surface area contributed by atoms with Crippen LogP contribution in [0.25, 0.3) is 5.65 Å². The predicted octanol–water partition coefficient (Wildman–Crippen LogP) is 15.0. The molecule has 5 aromatic heterocycles. The van der Waals surface area contributed by atoms with Crippen molar-refractivity contribution in [1.82, 2.24) is 38.0 Å². The van der Waals surface area contributed by atoms with Gasteiger partial charge in [0, 0.05) is 68.8 Å². The fraction of sp³-hybridized carbons (Fsp3) is 0.353. The minimum atomic E-state index is -0.394. The Balaban J connectivity index is 0.000000222. The van der Waals surface area contributed by atoms with E-state index in [2.05, 4.69) is 126 Å². The van der Waals surface area contributed by atoms with Crippen molar-refractivity contribution in [2.45, 2.75) is 146 Å². The largest absolute Gasteiger partial charge is 0 e. The number of phenolic OH excluding ortho intramolecular Hbond substituents is 4. The number of aryl methyl sites for hydroxylation is 5. The van der Waals surface area contributed by atoms with Crippen LogP contribution in [0.1, 0.15) is 180 Å². The summed E-state index contributed by atoms with van der Waals surface area (Å²) in [5.74, 6) is 4.28. The Hall–Kier alpha value is -6.90. The number of ketones is 4. The Morgan fingerprint density at radius 3 is 1.23 bits per heavy atom. The van der Waals surface area contributed by atoms with Crippen molar-refractivity contribution < 1.29 is 50.8 Å². The number of fused-ring (bicyclic) bond motifs is 4. The first-order valence-corrected chi connectivity index (χ1v) is 33.6. The fourth-order valence-electron chi connectivity index (χ4n) is 11.3. The second kappa shape index (κ2) is 33.5. The van der Waals surface area contributed by atoms with Gasteiger partial charge in [-0.05, 0) is 218 Å². The van der Waals surface area contributed by atoms with Crippen LogP contribution in [0.2, 0.25) is 0 Å². The first-order chi connectivity index (χ1) is 43.4. The normalized spacial score (nSPS) is 15.0. The number of thiol groups is 1. The van der Waals surface area contributed by atoms with E-state index in [0.29, 0.717) is 101 Å². The quantitative estimate of drug-likeness (QED) is 0.0379. The molecule has 0 amide bonds. The minimum absolute atomic E-state index is 0. The van der Waals surface area contributed by atoms with Crippen LogP contribution in [0.15, 0.2) is 113 Å². The van der Waals surface area contributed by atoms with E-state index in [1.807, 2.05) is 61.9 Å². The van der Waals surface area contributed by atoms with Gasteiger partial charge in [-0.15, -0.1) is 0 Å². The molecule has 493 valence electrons. The number of carbonyl (C=O) groups is 4. The van der Waals surface area contributed by atoms with Crippen LogP contribution < -0.4 is 0 Å². The minimum Gasteiger partial charge on any atom is 0 e. The molecule has 4 aromatic carbocycles. The summed E-state index contributed by atoms with van der Waals surface area (Å²) in [5.41, 5.74) is 9.94. The van der Waals surface area contributed by atoms with E-state index in [0.717, 1.165) is 109 Å². The number of carbonyl (C=O) groups excluding carboxylic acids is 4. The van der Waals surface area contributed by atoms with Crippen LogP contribution in [0, 0.1) is 18.8 Å². The van der Waals surface area contributed by atoms with Gasteiger partial charge in [-0.1, -0.05) is 49.0 Å². The van der Waals surface area contributed by atoms with Gasteiger partial charge in [-0.3, -0.25) is 28.3 Å². The maximum atomic E-state index is 13.1. The second-order valence-electron chi connectivity index (χ2n) is 22.6. The van der Waals surface area contributed by atoms with Crippen LogP contribution in [0.4, 0.5) is 4.70 Å². The summed E-state index contributed by atoms with van der Waals surface area (Å²) in [5, 5.41) is 48.2. The third-order valence-corrected chi connectivity index (χ3v) is 18.5. The number of aliphatic hydroxyl groups is 1. The van der Waals surface area contributed by atoms with Crippen molar-refractivity contribution in [1.29, 1.82) is 0 Å². The standard InChI is InChI=1S/C17H18Br2N2O2.C17H20N2O2.C17H16N2O2.C16H16Br2N2O3.CH4.BHNS.FH.H2/c1-3-13-15(21-5-4-9(2)6-14(21)20-13)16(22)10-7-11(18)17(23)12(19)8-10;2*1-3-14-16(17(21)12-4-6-13(20)7-5-12)19-9-8-11(2)10-15(19)18-14;1-2-12-14(20-4-3-9(21)7-13(20)19-12)15(22)8-5-10(17)16(23)11(18)6-8;;1-2-3;;/h7-9,23H,3-6H2,1-2H3;4-7,11,20H,3,8-10H2,1-2H3;4-10,20H,3H2,1-2H3;5-6,9,21,23H,2-4,7H2,1H3;1H4;3H;2*1H. The van der Waals surface area contributed by atoms with Crippen LogP contribution in [-0.4, -0.2) is 100 Å². The number of halogens is 5. The third kappa shape index (κ3) is 17.2. The van der Waals surface area contributed by atoms with Gasteiger partial charge in [0.1, 0.15) is 68.9 Å². The van der Waals surface area contributed by atoms with E-state index in [1.165, 1.54) is 12.1 Å². The number of phenols is 4. The number of hydrogen-bond acceptors (Lipinski definition) is 15. The second-order valence-corrected chi connectivity index (χ2v) is 26.3. The van der Waals surface area contributed by atoms with Crippen molar-refractivity contribution >= 4 is 113 Å². The van der Waals surface area contributed by atoms with Crippen LogP contribution >= 0.6 is 76.5 Å². The molecule has 0 fully saturated rings. The van der Waals surface area contributed by atoms with Gasteiger partial charge < -0.3 is 39.2 Å². The van der Waals surface area contributed by atoms with Gasteiger partial charge in [0.25, 0.3) is 0 Å². The summed E-state index contributed by atoms with van der Waals surface area (Å²) in [7, 11) is 4.34. The molecule has 3 aliphatic heterocycles. The predicted molar refractivity (Wildman–Crippen MR) is 379 cm³/mol. The smallest absolute Gasteiger partial charge is 0 e. The third-order valence-electron chi connectivity index (χ3n) is 16.1. The zero-order chi connectivity index (χ0) is 66.1. The zero-order valence-corrected chi connectivity index (χ0v) is 59.2. The zero-order valence-electron chi connectivity index (χ0n) is 51.9. The molecule has 9 aromatic rings. The molecule has 12 rings (SSSR count). The summed E-state index contributed by atoms with van der Waals surface area (Å²) in [6.45, 7) is 16.8. The van der Waals surface area contributed by atoms with Crippen molar-refractivity contribution in [3.05, 3.63) is 200 Å². The molecule has 1 radical (unpaired) electrons. The number of nitrogens with zero attached hydrogens (tertiary/aromatic N) is 9. The van der Waals surface area contributed by atoms with E-state index >= 15 is 0 Å². The molecule has 93 heavy (non-hydrogen) atoms. The summed E-state index contributed by atoms with van der Waals surface area (Å²) < 4.78 is 12.5. The number of aromatic nitrogens is 8. The van der Waals surface area contributed by atoms with E-state index in [1.54, 1.807) is 60.7 Å². The van der Waals surface area contributed by atoms with Crippen molar-refractivity contribution in [2.75, 3.05) is 0 Å². The maximum absolute atomic E-state index is 13.1. The molecule has 0 aliphatic carbocycles. The molecule has 3 atom stereocenters. The molecular formula is C68H78BBr4FN9O9S. The molecule has 0 saturated heterocycles. The van der Waals surface area contributed by atoms with Gasteiger partial charge in [0.2, 0.25) is 23.1 Å². The van der Waals surface area contributed by atoms with Crippen molar-refractivity contribution in [2.24, 2.45) is 16.1 Å². The van der Waals surface area contributed by atoms with E-state index in [4.69, 9.17) is 4.98 Å². The molecule has 18 nitrogen and oxygen atoms in total. The Kier molecular flexibility index (Phi) is 27.0. The van der Waals surface area contributed by atoms with Gasteiger partial charge in [-0.25, -0.2) is 19.9 Å². The van der Waals surface area contributed by atoms with Crippen LogP contribution in [0.5, 0.6) is 23.0 Å². The van der Waals surface area contributed by atoms with Crippen molar-refractivity contribution in [3.8, 4) is 23.0 Å². The molecule has 25 heteroatoms. The molecule has 3 aliphatic rings. The molecular weight excluding hydrogens is 1470 g/mol. The molecule has 5 N–H and O–H groups in total. The first-order valence-electron chi connectivity index (χ1n) is 30.0. The van der Waals surface area contributed by atoms with Gasteiger partial charge in [-0.2, -0.15) is 0 Å². The maximum Gasteiger partial charge on any atom is 0 e. The van der Waals surface area contributed by atoms with Crippen LogP contribution in [-0.2, 0) is 64.6 Å². The van der Waals surface area contributed by atoms with Gasteiger partial charge >= 0.3 is 24.8 Å². The van der Waals surface area contributed by atoms with Gasteiger partial charge in [0.05, 0.1) is 46.8 Å². The number of aromatic hydroxyl groups is 4. The number of rotatable bonds is 12.